The molecule has 2 aromatic rings. The van der Waals surface area contributed by atoms with Crippen molar-refractivity contribution in [2.24, 2.45) is 0 Å². The fourth-order valence-corrected chi connectivity index (χ4v) is 4.46. The molecule has 6 heteroatoms. The Labute approximate surface area is 126 Å². The van der Waals surface area contributed by atoms with Gasteiger partial charge in [-0.05, 0) is 49.2 Å². The first-order chi connectivity index (χ1) is 9.59. The number of rotatable bonds is 3. The molecule has 0 unspecified atom stereocenters. The van der Waals surface area contributed by atoms with Crippen LogP contribution in [0.25, 0.3) is 0 Å². The van der Waals surface area contributed by atoms with Crippen molar-refractivity contribution in [3.05, 3.63) is 52.9 Å². The zero-order valence-electron chi connectivity index (χ0n) is 10.7. The minimum absolute atomic E-state index is 0.196. The van der Waals surface area contributed by atoms with Gasteiger partial charge >= 0.3 is 0 Å². The van der Waals surface area contributed by atoms with Gasteiger partial charge < -0.3 is 4.42 Å². The Morgan fingerprint density at radius 3 is 2.60 bits per heavy atom. The van der Waals surface area contributed by atoms with Gasteiger partial charge in [-0.3, -0.25) is 0 Å². The molecule has 0 N–H and O–H groups in total. The summed E-state index contributed by atoms with van der Waals surface area (Å²) in [6.45, 7) is 0.532. The maximum Gasteiger partial charge on any atom is 0.243 e. The molecule has 1 saturated heterocycles. The molecule has 4 nitrogen and oxygen atoms in total. The van der Waals surface area contributed by atoms with E-state index in [1.807, 2.05) is 6.07 Å². The highest BCUT2D eigenvalue weighted by Crippen LogP contribution is 2.36. The van der Waals surface area contributed by atoms with E-state index >= 15 is 0 Å². The van der Waals surface area contributed by atoms with Gasteiger partial charge in [0.25, 0.3) is 0 Å². The van der Waals surface area contributed by atoms with Crippen molar-refractivity contribution in [2.75, 3.05) is 6.54 Å². The van der Waals surface area contributed by atoms with Gasteiger partial charge in [-0.2, -0.15) is 4.31 Å². The van der Waals surface area contributed by atoms with E-state index in [9.17, 15) is 8.42 Å². The van der Waals surface area contributed by atoms with Gasteiger partial charge in [0.2, 0.25) is 10.0 Å². The Kier molecular flexibility index (Phi) is 3.70. The Hall–Kier alpha value is -1.11. The van der Waals surface area contributed by atoms with Gasteiger partial charge in [-0.15, -0.1) is 0 Å². The summed E-state index contributed by atoms with van der Waals surface area (Å²) >= 11 is 3.32. The summed E-state index contributed by atoms with van der Waals surface area (Å²) in [6, 6.07) is 10.2. The highest BCUT2D eigenvalue weighted by atomic mass is 79.9. The number of hydrogen-bond donors (Lipinski definition) is 0. The van der Waals surface area contributed by atoms with Crippen LogP contribution in [0.5, 0.6) is 0 Å². The number of sulfonamides is 1. The maximum atomic E-state index is 12.7. The fraction of sp³-hybridized carbons (Fsp3) is 0.286. The quantitative estimate of drug-likeness (QED) is 0.845. The summed E-state index contributed by atoms with van der Waals surface area (Å²) in [4.78, 5) is 0.319. The van der Waals surface area contributed by atoms with Gasteiger partial charge in [0.15, 0.2) is 0 Å². The van der Waals surface area contributed by atoms with E-state index < -0.39 is 10.0 Å². The second kappa shape index (κ2) is 5.35. The molecule has 20 heavy (non-hydrogen) atoms. The molecule has 3 rings (SSSR count). The zero-order valence-corrected chi connectivity index (χ0v) is 13.1. The average molecular weight is 356 g/mol. The average Bonchev–Trinajstić information content (AvgIpc) is 3.10. The Morgan fingerprint density at radius 2 is 1.95 bits per heavy atom. The number of hydrogen-bond acceptors (Lipinski definition) is 3. The molecule has 1 aliphatic rings. The predicted octanol–water partition coefficient (Wildman–Crippen LogP) is 3.57. The predicted molar refractivity (Wildman–Crippen MR) is 78.7 cm³/mol. The van der Waals surface area contributed by atoms with Crippen molar-refractivity contribution >= 4 is 26.0 Å². The smallest absolute Gasteiger partial charge is 0.243 e. The monoisotopic (exact) mass is 355 g/mol. The molecule has 1 aliphatic heterocycles. The molecule has 106 valence electrons. The summed E-state index contributed by atoms with van der Waals surface area (Å²) in [6.07, 6.45) is 3.22. The van der Waals surface area contributed by atoms with E-state index in [0.29, 0.717) is 17.2 Å². The molecular weight excluding hydrogens is 342 g/mol. The first-order valence-electron chi connectivity index (χ1n) is 6.40. The number of benzene rings is 1. The van der Waals surface area contributed by atoms with Gasteiger partial charge in [-0.1, -0.05) is 15.9 Å². The highest BCUT2D eigenvalue weighted by Gasteiger charge is 2.37. The second-order valence-electron chi connectivity index (χ2n) is 4.74. The van der Waals surface area contributed by atoms with Crippen LogP contribution in [0.1, 0.15) is 24.6 Å². The molecule has 0 spiro atoms. The summed E-state index contributed by atoms with van der Waals surface area (Å²) in [7, 11) is -3.48. The highest BCUT2D eigenvalue weighted by molar-refractivity contribution is 9.10. The van der Waals surface area contributed by atoms with Crippen LogP contribution in [-0.2, 0) is 10.0 Å². The summed E-state index contributed by atoms with van der Waals surface area (Å²) in [5, 5.41) is 0. The van der Waals surface area contributed by atoms with Crippen molar-refractivity contribution in [2.45, 2.75) is 23.8 Å². The molecular formula is C14H14BrNO3S. The van der Waals surface area contributed by atoms with E-state index in [0.717, 1.165) is 17.3 Å². The van der Waals surface area contributed by atoms with Crippen molar-refractivity contribution in [1.82, 2.24) is 4.31 Å². The van der Waals surface area contributed by atoms with Crippen molar-refractivity contribution in [1.29, 1.82) is 0 Å². The number of furan rings is 1. The fourth-order valence-electron chi connectivity index (χ4n) is 2.54. The Bertz CT molecular complexity index is 680. The van der Waals surface area contributed by atoms with Crippen LogP contribution >= 0.6 is 15.9 Å². The SMILES string of the molecule is O=S(=O)(c1ccc(Br)cc1)N1CCC[C@@H]1c1ccco1. The second-order valence-corrected chi connectivity index (χ2v) is 7.55. The maximum absolute atomic E-state index is 12.7. The molecule has 0 saturated carbocycles. The van der Waals surface area contributed by atoms with Gasteiger partial charge in [-0.25, -0.2) is 8.42 Å². The third-order valence-electron chi connectivity index (χ3n) is 3.50. The minimum Gasteiger partial charge on any atom is -0.468 e. The molecule has 1 aromatic heterocycles. The van der Waals surface area contributed by atoms with Crippen LogP contribution in [0.4, 0.5) is 0 Å². The number of nitrogens with zero attached hydrogens (tertiary/aromatic N) is 1. The first-order valence-corrected chi connectivity index (χ1v) is 8.63. The summed E-state index contributed by atoms with van der Waals surface area (Å²) in [5.74, 6) is 0.711. The Morgan fingerprint density at radius 1 is 1.20 bits per heavy atom. The standard InChI is InChI=1S/C14H14BrNO3S/c15-11-5-7-12(8-6-11)20(17,18)16-9-1-3-13(16)14-4-2-10-19-14/h2,4-8,10,13H,1,3,9H2/t13-/m1/s1. The third-order valence-corrected chi connectivity index (χ3v) is 5.95. The van der Waals surface area contributed by atoms with Crippen LogP contribution in [0.2, 0.25) is 0 Å². The van der Waals surface area contributed by atoms with Gasteiger partial charge in [0, 0.05) is 11.0 Å². The van der Waals surface area contributed by atoms with E-state index in [-0.39, 0.29) is 6.04 Å². The third kappa shape index (κ3) is 2.43. The van der Waals surface area contributed by atoms with Crippen LogP contribution < -0.4 is 0 Å². The van der Waals surface area contributed by atoms with E-state index in [4.69, 9.17) is 4.42 Å². The van der Waals surface area contributed by atoms with Crippen molar-refractivity contribution < 1.29 is 12.8 Å². The summed E-state index contributed by atoms with van der Waals surface area (Å²) in [5.41, 5.74) is 0. The normalized spacial score (nSPS) is 20.4. The lowest BCUT2D eigenvalue weighted by atomic mass is 10.2. The lowest BCUT2D eigenvalue weighted by Gasteiger charge is -2.22. The van der Waals surface area contributed by atoms with Gasteiger partial charge in [0.05, 0.1) is 17.2 Å². The van der Waals surface area contributed by atoms with Gasteiger partial charge in [0.1, 0.15) is 5.76 Å². The molecule has 2 heterocycles. The van der Waals surface area contributed by atoms with Crippen molar-refractivity contribution in [3.63, 3.8) is 0 Å². The first kappa shape index (κ1) is 13.9. The molecule has 1 atom stereocenters. The molecule has 0 aliphatic carbocycles. The largest absolute Gasteiger partial charge is 0.468 e. The lowest BCUT2D eigenvalue weighted by Crippen LogP contribution is -2.30. The summed E-state index contributed by atoms with van der Waals surface area (Å²) < 4.78 is 33.2. The van der Waals surface area contributed by atoms with Crippen LogP contribution in [0, 0.1) is 0 Å². The molecule has 1 aromatic carbocycles. The molecule has 0 radical (unpaired) electrons. The topological polar surface area (TPSA) is 50.5 Å². The van der Waals surface area contributed by atoms with Crippen LogP contribution in [0.15, 0.2) is 56.4 Å². The molecule has 0 bridgehead atoms. The zero-order chi connectivity index (χ0) is 14.2. The van der Waals surface area contributed by atoms with E-state index in [1.54, 1.807) is 36.6 Å². The van der Waals surface area contributed by atoms with E-state index in [1.165, 1.54) is 4.31 Å². The van der Waals surface area contributed by atoms with Crippen molar-refractivity contribution in [3.8, 4) is 0 Å². The van der Waals surface area contributed by atoms with Crippen LogP contribution in [0.3, 0.4) is 0 Å². The molecule has 1 fully saturated rings. The lowest BCUT2D eigenvalue weighted by molar-refractivity contribution is 0.340. The number of halogens is 1. The molecule has 0 amide bonds. The Balaban J connectivity index is 1.96. The minimum atomic E-state index is -3.48. The van der Waals surface area contributed by atoms with E-state index in [2.05, 4.69) is 15.9 Å². The van der Waals surface area contributed by atoms with Crippen LogP contribution in [-0.4, -0.2) is 19.3 Å².